The van der Waals surface area contributed by atoms with E-state index in [2.05, 4.69) is 13.8 Å². The molecule has 1 aliphatic carbocycles. The summed E-state index contributed by atoms with van der Waals surface area (Å²) in [6.07, 6.45) is 5.26. The Morgan fingerprint density at radius 1 is 1.38 bits per heavy atom. The topological polar surface area (TPSA) is 20.3 Å². The van der Waals surface area contributed by atoms with E-state index in [1.807, 2.05) is 4.90 Å². The molecular formula is C11H21NO. The Morgan fingerprint density at radius 2 is 1.92 bits per heavy atom. The van der Waals surface area contributed by atoms with Gasteiger partial charge in [-0.25, -0.2) is 0 Å². The summed E-state index contributed by atoms with van der Waals surface area (Å²) in [6.45, 7) is 7.84. The predicted molar refractivity (Wildman–Crippen MR) is 54.5 cm³/mol. The highest BCUT2D eigenvalue weighted by Crippen LogP contribution is 2.38. The minimum Gasteiger partial charge on any atom is -0.343 e. The van der Waals surface area contributed by atoms with Crippen LogP contribution in [-0.4, -0.2) is 23.9 Å². The number of carbonyl (C=O) groups is 1. The van der Waals surface area contributed by atoms with Gasteiger partial charge >= 0.3 is 0 Å². The molecule has 0 saturated heterocycles. The Labute approximate surface area is 81.3 Å². The monoisotopic (exact) mass is 183 g/mol. The van der Waals surface area contributed by atoms with E-state index in [1.165, 1.54) is 25.7 Å². The third-order valence-electron chi connectivity index (χ3n) is 3.21. The number of nitrogens with zero attached hydrogens (tertiary/aromatic N) is 1. The molecule has 0 heterocycles. The molecule has 0 atom stereocenters. The van der Waals surface area contributed by atoms with Crippen LogP contribution in [0.2, 0.25) is 0 Å². The van der Waals surface area contributed by atoms with Gasteiger partial charge in [-0.05, 0) is 25.2 Å². The van der Waals surface area contributed by atoms with Crippen LogP contribution in [0.1, 0.15) is 46.5 Å². The summed E-state index contributed by atoms with van der Waals surface area (Å²) >= 11 is 0. The maximum absolute atomic E-state index is 11.2. The van der Waals surface area contributed by atoms with Crippen molar-refractivity contribution in [3.8, 4) is 0 Å². The highest BCUT2D eigenvalue weighted by atomic mass is 16.2. The van der Waals surface area contributed by atoms with Crippen molar-refractivity contribution in [1.29, 1.82) is 0 Å². The lowest BCUT2D eigenvalue weighted by molar-refractivity contribution is -0.130. The average molecular weight is 183 g/mol. The maximum Gasteiger partial charge on any atom is 0.219 e. The first-order valence-electron chi connectivity index (χ1n) is 5.33. The Balaban J connectivity index is 2.49. The van der Waals surface area contributed by atoms with Gasteiger partial charge in [-0.15, -0.1) is 0 Å². The van der Waals surface area contributed by atoms with Gasteiger partial charge in [0.25, 0.3) is 0 Å². The number of hydrogen-bond donors (Lipinski definition) is 0. The van der Waals surface area contributed by atoms with Crippen molar-refractivity contribution in [2.75, 3.05) is 13.1 Å². The first-order valence-corrected chi connectivity index (χ1v) is 5.33. The van der Waals surface area contributed by atoms with Crippen LogP contribution in [0.5, 0.6) is 0 Å². The van der Waals surface area contributed by atoms with E-state index >= 15 is 0 Å². The normalized spacial score (nSPS) is 20.2. The molecule has 76 valence electrons. The standard InChI is InChI=1S/C11H21NO/c1-4-12(10(2)13)9-11(3)7-5-6-8-11/h4-9H2,1-3H3. The van der Waals surface area contributed by atoms with Gasteiger partial charge in [0.15, 0.2) is 0 Å². The van der Waals surface area contributed by atoms with Crippen LogP contribution in [-0.2, 0) is 4.79 Å². The van der Waals surface area contributed by atoms with Crippen molar-refractivity contribution >= 4 is 5.91 Å². The lowest BCUT2D eigenvalue weighted by atomic mass is 9.88. The second kappa shape index (κ2) is 4.12. The minimum absolute atomic E-state index is 0.218. The number of hydrogen-bond acceptors (Lipinski definition) is 1. The molecule has 0 unspecified atom stereocenters. The van der Waals surface area contributed by atoms with Gasteiger partial charge in [-0.1, -0.05) is 19.8 Å². The fourth-order valence-electron chi connectivity index (χ4n) is 2.29. The van der Waals surface area contributed by atoms with E-state index in [4.69, 9.17) is 0 Å². The molecule has 1 rings (SSSR count). The molecule has 0 radical (unpaired) electrons. The molecule has 2 heteroatoms. The highest BCUT2D eigenvalue weighted by Gasteiger charge is 2.30. The summed E-state index contributed by atoms with van der Waals surface area (Å²) in [6, 6.07) is 0. The summed E-state index contributed by atoms with van der Waals surface area (Å²) in [5, 5.41) is 0. The van der Waals surface area contributed by atoms with Gasteiger partial charge in [-0.2, -0.15) is 0 Å². The highest BCUT2D eigenvalue weighted by molar-refractivity contribution is 5.73. The van der Waals surface area contributed by atoms with E-state index in [-0.39, 0.29) is 5.91 Å². The molecule has 0 spiro atoms. The average Bonchev–Trinajstić information content (AvgIpc) is 2.48. The molecule has 2 nitrogen and oxygen atoms in total. The third kappa shape index (κ3) is 2.71. The van der Waals surface area contributed by atoms with Crippen LogP contribution in [0.3, 0.4) is 0 Å². The number of amides is 1. The van der Waals surface area contributed by atoms with Crippen molar-refractivity contribution in [3.05, 3.63) is 0 Å². The van der Waals surface area contributed by atoms with Crippen LogP contribution in [0, 0.1) is 5.41 Å². The molecule has 0 aromatic rings. The Hall–Kier alpha value is -0.530. The second-order valence-electron chi connectivity index (χ2n) is 4.55. The van der Waals surface area contributed by atoms with Crippen molar-refractivity contribution in [1.82, 2.24) is 4.90 Å². The SMILES string of the molecule is CCN(CC1(C)CCCC1)C(C)=O. The van der Waals surface area contributed by atoms with Crippen LogP contribution in [0.25, 0.3) is 0 Å². The van der Waals surface area contributed by atoms with Gasteiger partial charge in [0.2, 0.25) is 5.91 Å². The fourth-order valence-corrected chi connectivity index (χ4v) is 2.29. The van der Waals surface area contributed by atoms with Crippen molar-refractivity contribution in [3.63, 3.8) is 0 Å². The summed E-state index contributed by atoms with van der Waals surface area (Å²) in [5.74, 6) is 0.218. The van der Waals surface area contributed by atoms with Crippen LogP contribution in [0.15, 0.2) is 0 Å². The summed E-state index contributed by atoms with van der Waals surface area (Å²) in [4.78, 5) is 13.2. The molecule has 0 bridgehead atoms. The van der Waals surface area contributed by atoms with Crippen LogP contribution in [0.4, 0.5) is 0 Å². The number of carbonyl (C=O) groups excluding carboxylic acids is 1. The predicted octanol–water partition coefficient (Wildman–Crippen LogP) is 2.44. The van der Waals surface area contributed by atoms with E-state index in [0.717, 1.165) is 13.1 Å². The molecular weight excluding hydrogens is 162 g/mol. The zero-order valence-corrected chi connectivity index (χ0v) is 9.10. The van der Waals surface area contributed by atoms with Gasteiger partial charge in [-0.3, -0.25) is 4.79 Å². The van der Waals surface area contributed by atoms with Gasteiger partial charge in [0.05, 0.1) is 0 Å². The zero-order valence-electron chi connectivity index (χ0n) is 9.10. The molecule has 0 aliphatic heterocycles. The largest absolute Gasteiger partial charge is 0.343 e. The Kier molecular flexibility index (Phi) is 3.34. The minimum atomic E-state index is 0.218. The lowest BCUT2D eigenvalue weighted by Crippen LogP contribution is -2.37. The summed E-state index contributed by atoms with van der Waals surface area (Å²) in [5.41, 5.74) is 0.404. The first kappa shape index (κ1) is 10.6. The molecule has 1 fully saturated rings. The van der Waals surface area contributed by atoms with Crippen LogP contribution < -0.4 is 0 Å². The molecule has 0 aromatic heterocycles. The zero-order chi connectivity index (χ0) is 9.90. The molecule has 13 heavy (non-hydrogen) atoms. The van der Waals surface area contributed by atoms with Crippen molar-refractivity contribution < 1.29 is 4.79 Å². The Morgan fingerprint density at radius 3 is 2.31 bits per heavy atom. The van der Waals surface area contributed by atoms with E-state index < -0.39 is 0 Å². The molecule has 1 saturated carbocycles. The summed E-state index contributed by atoms with van der Waals surface area (Å²) < 4.78 is 0. The van der Waals surface area contributed by atoms with E-state index in [0.29, 0.717) is 5.41 Å². The molecule has 0 N–H and O–H groups in total. The summed E-state index contributed by atoms with van der Waals surface area (Å²) in [7, 11) is 0. The number of rotatable bonds is 3. The molecule has 1 amide bonds. The lowest BCUT2D eigenvalue weighted by Gasteiger charge is -2.31. The third-order valence-corrected chi connectivity index (χ3v) is 3.21. The van der Waals surface area contributed by atoms with E-state index in [9.17, 15) is 4.79 Å². The smallest absolute Gasteiger partial charge is 0.219 e. The quantitative estimate of drug-likeness (QED) is 0.658. The van der Waals surface area contributed by atoms with E-state index in [1.54, 1.807) is 6.92 Å². The maximum atomic E-state index is 11.2. The van der Waals surface area contributed by atoms with Gasteiger partial charge in [0, 0.05) is 20.0 Å². The Bertz CT molecular complexity index is 183. The van der Waals surface area contributed by atoms with Gasteiger partial charge < -0.3 is 4.90 Å². The van der Waals surface area contributed by atoms with Crippen molar-refractivity contribution in [2.24, 2.45) is 5.41 Å². The molecule has 0 aromatic carbocycles. The fraction of sp³-hybridized carbons (Fsp3) is 0.909. The first-order chi connectivity index (χ1) is 6.07. The molecule has 1 aliphatic rings. The van der Waals surface area contributed by atoms with Gasteiger partial charge in [0.1, 0.15) is 0 Å². The second-order valence-corrected chi connectivity index (χ2v) is 4.55. The van der Waals surface area contributed by atoms with Crippen LogP contribution >= 0.6 is 0 Å². The van der Waals surface area contributed by atoms with Crippen molar-refractivity contribution in [2.45, 2.75) is 46.5 Å².